The van der Waals surface area contributed by atoms with Gasteiger partial charge in [-0.15, -0.1) is 0 Å². The maximum Gasteiger partial charge on any atom is 0.338 e. The van der Waals surface area contributed by atoms with E-state index in [1.165, 1.54) is 22.0 Å². The molecule has 0 bridgehead atoms. The quantitative estimate of drug-likeness (QED) is 0.145. The molecule has 12 heteroatoms. The summed E-state index contributed by atoms with van der Waals surface area (Å²) in [6.07, 6.45) is 1.81. The van der Waals surface area contributed by atoms with Crippen molar-refractivity contribution in [2.75, 3.05) is 6.61 Å². The number of aromatic nitrogens is 1. The summed E-state index contributed by atoms with van der Waals surface area (Å²) in [7, 11) is 0. The van der Waals surface area contributed by atoms with Gasteiger partial charge in [0, 0.05) is 11.6 Å². The number of carbonyl (C=O) groups excluding carboxylic acids is 1. The zero-order valence-electron chi connectivity index (χ0n) is 21.8. The monoisotopic (exact) mass is 773 g/mol. The molecule has 0 radical (unpaired) electrons. The first-order chi connectivity index (χ1) is 18.4. The third-order valence-corrected chi connectivity index (χ3v) is 8.52. The average Bonchev–Trinajstić information content (AvgIpc) is 3.15. The Labute approximate surface area is 255 Å². The minimum atomic E-state index is -0.927. The Balaban J connectivity index is 1.94. The minimum absolute atomic E-state index is 0.0241. The Morgan fingerprint density at radius 2 is 1.90 bits per heavy atom. The molecule has 1 aliphatic rings. The number of nitro groups is 1. The summed E-state index contributed by atoms with van der Waals surface area (Å²) in [6.45, 7) is 9.07. The van der Waals surface area contributed by atoms with Gasteiger partial charge in [-0.25, -0.2) is 9.79 Å². The number of carbonyl (C=O) groups is 1. The molecule has 0 amide bonds. The van der Waals surface area contributed by atoms with Crippen molar-refractivity contribution in [1.29, 1.82) is 0 Å². The van der Waals surface area contributed by atoms with E-state index in [-0.39, 0.29) is 29.5 Å². The minimum Gasteiger partial charge on any atom is -0.489 e. The van der Waals surface area contributed by atoms with Crippen molar-refractivity contribution in [1.82, 2.24) is 4.57 Å². The molecular weight excluding hydrogens is 748 g/mol. The van der Waals surface area contributed by atoms with Crippen molar-refractivity contribution in [3.63, 3.8) is 0 Å². The lowest BCUT2D eigenvalue weighted by Gasteiger charge is -2.24. The Kier molecular flexibility index (Phi) is 8.95. The topological polar surface area (TPSA) is 113 Å². The van der Waals surface area contributed by atoms with Gasteiger partial charge in [-0.2, -0.15) is 0 Å². The zero-order chi connectivity index (χ0) is 28.6. The van der Waals surface area contributed by atoms with Gasteiger partial charge in [0.1, 0.15) is 5.75 Å². The van der Waals surface area contributed by atoms with Crippen LogP contribution in [-0.2, 0) is 9.53 Å². The SMILES string of the molecule is CCOC(=O)C1=C(C)N=c2sc(=Cc3cc(I)c(OC(C)C)c(I)c3)c(=O)n2C1c1ccc(C)c([N+](=O)[O-])c1. The predicted octanol–water partition coefficient (Wildman–Crippen LogP) is 5.01. The van der Waals surface area contributed by atoms with E-state index in [1.54, 1.807) is 39.0 Å². The summed E-state index contributed by atoms with van der Waals surface area (Å²) in [4.78, 5) is 43.1. The number of benzene rings is 2. The standard InChI is InChI=1S/C27H25I2N3O6S/c1-6-37-26(34)22-15(5)30-27-31(23(22)17-8-7-14(4)20(12-17)32(35)36)25(33)21(39-27)11-16-9-18(28)24(19(29)10-16)38-13(2)3/h7-13,23H,6H2,1-5H3. The number of hydrogen-bond acceptors (Lipinski definition) is 8. The van der Waals surface area contributed by atoms with Gasteiger partial charge in [-0.3, -0.25) is 19.5 Å². The Hall–Kier alpha value is -2.59. The molecule has 2 aromatic carbocycles. The van der Waals surface area contributed by atoms with Gasteiger partial charge in [0.15, 0.2) is 4.80 Å². The highest BCUT2D eigenvalue weighted by molar-refractivity contribution is 14.1. The maximum absolute atomic E-state index is 13.8. The van der Waals surface area contributed by atoms with Gasteiger partial charge >= 0.3 is 5.97 Å². The zero-order valence-corrected chi connectivity index (χ0v) is 26.9. The molecule has 0 spiro atoms. The van der Waals surface area contributed by atoms with E-state index < -0.39 is 16.9 Å². The number of fused-ring (bicyclic) bond motifs is 1. The molecule has 1 unspecified atom stereocenters. The van der Waals surface area contributed by atoms with Gasteiger partial charge < -0.3 is 9.47 Å². The fourth-order valence-electron chi connectivity index (χ4n) is 4.26. The van der Waals surface area contributed by atoms with E-state index in [1.807, 2.05) is 26.0 Å². The summed E-state index contributed by atoms with van der Waals surface area (Å²) in [5.74, 6) is 0.173. The lowest BCUT2D eigenvalue weighted by Crippen LogP contribution is -2.40. The van der Waals surface area contributed by atoms with E-state index in [9.17, 15) is 19.7 Å². The van der Waals surface area contributed by atoms with Crippen LogP contribution in [0.4, 0.5) is 5.69 Å². The Morgan fingerprint density at radius 3 is 2.49 bits per heavy atom. The van der Waals surface area contributed by atoms with Crippen LogP contribution in [0.3, 0.4) is 0 Å². The van der Waals surface area contributed by atoms with Gasteiger partial charge in [0.05, 0.1) is 46.6 Å². The van der Waals surface area contributed by atoms with Crippen LogP contribution >= 0.6 is 56.5 Å². The number of ether oxygens (including phenoxy) is 2. The smallest absolute Gasteiger partial charge is 0.338 e. The number of aryl methyl sites for hydroxylation is 1. The van der Waals surface area contributed by atoms with Crippen LogP contribution in [0.2, 0.25) is 0 Å². The van der Waals surface area contributed by atoms with E-state index in [0.717, 1.165) is 18.5 Å². The Bertz CT molecular complexity index is 1680. The van der Waals surface area contributed by atoms with Crippen molar-refractivity contribution >= 4 is 74.3 Å². The van der Waals surface area contributed by atoms with Gasteiger partial charge in [-0.05, 0) is 109 Å². The van der Waals surface area contributed by atoms with Gasteiger partial charge in [0.2, 0.25) is 0 Å². The third-order valence-electron chi connectivity index (χ3n) is 5.93. The molecule has 0 saturated heterocycles. The molecule has 1 atom stereocenters. The second-order valence-corrected chi connectivity index (χ2v) is 12.4. The highest BCUT2D eigenvalue weighted by atomic mass is 127. The largest absolute Gasteiger partial charge is 0.489 e. The maximum atomic E-state index is 13.8. The van der Waals surface area contributed by atoms with E-state index in [4.69, 9.17) is 9.47 Å². The molecule has 0 saturated carbocycles. The number of nitro benzene ring substituents is 1. The van der Waals surface area contributed by atoms with Crippen LogP contribution in [0.15, 0.2) is 51.4 Å². The molecule has 2 heterocycles. The number of halogens is 2. The highest BCUT2D eigenvalue weighted by Crippen LogP contribution is 2.34. The van der Waals surface area contributed by atoms with Crippen molar-refractivity contribution in [3.8, 4) is 5.75 Å². The van der Waals surface area contributed by atoms with E-state index in [2.05, 4.69) is 50.2 Å². The van der Waals surface area contributed by atoms with Crippen LogP contribution in [0.5, 0.6) is 5.75 Å². The van der Waals surface area contributed by atoms with Gasteiger partial charge in [0.25, 0.3) is 11.2 Å². The summed E-state index contributed by atoms with van der Waals surface area (Å²) in [6, 6.07) is 7.67. The molecule has 0 aliphatic carbocycles. The molecule has 204 valence electrons. The van der Waals surface area contributed by atoms with Crippen LogP contribution in [-0.4, -0.2) is 28.2 Å². The lowest BCUT2D eigenvalue weighted by atomic mass is 9.94. The fraction of sp³-hybridized carbons (Fsp3) is 0.296. The average molecular weight is 773 g/mol. The van der Waals surface area contributed by atoms with Crippen molar-refractivity contribution in [2.45, 2.75) is 46.8 Å². The van der Waals surface area contributed by atoms with Crippen molar-refractivity contribution in [2.24, 2.45) is 4.99 Å². The summed E-state index contributed by atoms with van der Waals surface area (Å²) in [5, 5.41) is 11.7. The first-order valence-corrected chi connectivity index (χ1v) is 15.0. The number of allylic oxidation sites excluding steroid dienone is 1. The number of thiazole rings is 1. The molecule has 0 fully saturated rings. The van der Waals surface area contributed by atoms with E-state index in [0.29, 0.717) is 26.2 Å². The van der Waals surface area contributed by atoms with Crippen LogP contribution < -0.4 is 19.6 Å². The number of nitrogens with zero attached hydrogens (tertiary/aromatic N) is 3. The van der Waals surface area contributed by atoms with Crippen molar-refractivity contribution in [3.05, 3.63) is 95.2 Å². The summed E-state index contributed by atoms with van der Waals surface area (Å²) in [5.41, 5.74) is 1.84. The molecular formula is C27H25I2N3O6S. The normalized spacial score (nSPS) is 15.3. The summed E-state index contributed by atoms with van der Waals surface area (Å²) >= 11 is 5.63. The predicted molar refractivity (Wildman–Crippen MR) is 166 cm³/mol. The van der Waals surface area contributed by atoms with Crippen molar-refractivity contribution < 1.29 is 19.2 Å². The lowest BCUT2D eigenvalue weighted by molar-refractivity contribution is -0.385. The molecule has 1 aromatic heterocycles. The van der Waals surface area contributed by atoms with Crippen LogP contribution in [0.25, 0.3) is 6.08 Å². The number of esters is 1. The second-order valence-electron chi connectivity index (χ2n) is 9.09. The highest BCUT2D eigenvalue weighted by Gasteiger charge is 2.34. The van der Waals surface area contributed by atoms with Gasteiger partial charge in [-0.1, -0.05) is 23.5 Å². The Morgan fingerprint density at radius 1 is 1.23 bits per heavy atom. The molecule has 1 aliphatic heterocycles. The second kappa shape index (κ2) is 11.9. The molecule has 4 rings (SSSR count). The fourth-order valence-corrected chi connectivity index (χ4v) is 7.38. The number of rotatable bonds is 7. The van der Waals surface area contributed by atoms with Crippen LogP contribution in [0, 0.1) is 24.2 Å². The first-order valence-electron chi connectivity index (χ1n) is 12.0. The molecule has 0 N–H and O–H groups in total. The first kappa shape index (κ1) is 29.4. The number of hydrogen-bond donors (Lipinski definition) is 0. The molecule has 9 nitrogen and oxygen atoms in total. The molecule has 3 aromatic rings. The van der Waals surface area contributed by atoms with Crippen LogP contribution in [0.1, 0.15) is 50.4 Å². The van der Waals surface area contributed by atoms with E-state index >= 15 is 0 Å². The summed E-state index contributed by atoms with van der Waals surface area (Å²) < 4.78 is 14.9. The third kappa shape index (κ3) is 5.96. The molecule has 39 heavy (non-hydrogen) atoms.